The zero-order chi connectivity index (χ0) is 35.2. The second-order valence-corrected chi connectivity index (χ2v) is 13.3. The number of nitrogens with zero attached hydrogens (tertiary/aromatic N) is 9. The molecule has 1 aliphatic carbocycles. The molecule has 0 radical (unpaired) electrons. The smallest absolute Gasteiger partial charge is 0.434 e. The van der Waals surface area contributed by atoms with Crippen molar-refractivity contribution in [3.05, 3.63) is 54.0 Å². The van der Waals surface area contributed by atoms with E-state index in [-0.39, 0.29) is 48.2 Å². The summed E-state index contributed by atoms with van der Waals surface area (Å²) < 4.78 is 53.7. The van der Waals surface area contributed by atoms with Crippen LogP contribution in [0.15, 0.2) is 37.1 Å². The number of rotatable bonds is 10. The monoisotopic (exact) mass is 692 g/mol. The Hall–Kier alpha value is -4.86. The van der Waals surface area contributed by atoms with E-state index in [1.54, 1.807) is 32.0 Å². The Bertz CT molecular complexity index is 1870. The summed E-state index contributed by atoms with van der Waals surface area (Å²) in [7, 11) is 2.96. The number of hydrogen-bond donors (Lipinski definition) is 1. The highest BCUT2D eigenvalue weighted by atomic mass is 19.4. The first kappa shape index (κ1) is 33.6. The van der Waals surface area contributed by atoms with Crippen LogP contribution in [-0.2, 0) is 12.7 Å². The lowest BCUT2D eigenvalue weighted by atomic mass is 9.84. The number of ether oxygens (including phenoxy) is 2. The van der Waals surface area contributed by atoms with Crippen LogP contribution in [0.4, 0.5) is 23.9 Å². The average molecular weight is 693 g/mol. The van der Waals surface area contributed by atoms with Gasteiger partial charge in [-0.25, -0.2) is 29.7 Å². The summed E-state index contributed by atoms with van der Waals surface area (Å²) in [5, 5.41) is 3.24. The molecule has 4 fully saturated rings. The van der Waals surface area contributed by atoms with Crippen LogP contribution >= 0.6 is 0 Å². The predicted molar refractivity (Wildman–Crippen MR) is 177 cm³/mol. The number of carbonyl (C=O) groups is 1. The van der Waals surface area contributed by atoms with Crippen molar-refractivity contribution in [3.63, 3.8) is 0 Å². The number of imidazole rings is 1. The molecule has 264 valence electrons. The predicted octanol–water partition coefficient (Wildman–Crippen LogP) is 5.50. The van der Waals surface area contributed by atoms with Gasteiger partial charge in [0.15, 0.2) is 11.5 Å². The zero-order valence-corrected chi connectivity index (χ0v) is 28.3. The third kappa shape index (κ3) is 6.67. The summed E-state index contributed by atoms with van der Waals surface area (Å²) in [5.74, 6) is 1.76. The molecule has 0 spiro atoms. The molecule has 1 atom stereocenters. The molecule has 2 amide bonds. The van der Waals surface area contributed by atoms with Gasteiger partial charge < -0.3 is 24.3 Å². The molecule has 13 nitrogen and oxygen atoms in total. The summed E-state index contributed by atoms with van der Waals surface area (Å²) >= 11 is 0. The summed E-state index contributed by atoms with van der Waals surface area (Å²) in [4.78, 5) is 44.4. The van der Waals surface area contributed by atoms with Crippen molar-refractivity contribution in [2.75, 3.05) is 38.8 Å². The van der Waals surface area contributed by atoms with E-state index in [0.717, 1.165) is 57.2 Å². The van der Waals surface area contributed by atoms with Crippen molar-refractivity contribution in [1.82, 2.24) is 44.7 Å². The fraction of sp³-hybridized carbons (Fsp3) is 0.500. The maximum Gasteiger partial charge on any atom is 0.434 e. The Labute approximate surface area is 287 Å². The van der Waals surface area contributed by atoms with Crippen LogP contribution in [0.5, 0.6) is 11.6 Å². The number of urea groups is 1. The molecule has 3 saturated heterocycles. The average Bonchev–Trinajstić information content (AvgIpc) is 3.86. The number of alkyl halides is 3. The third-order valence-electron chi connectivity index (χ3n) is 9.66. The van der Waals surface area contributed by atoms with E-state index in [4.69, 9.17) is 14.5 Å². The van der Waals surface area contributed by atoms with Crippen LogP contribution in [0.25, 0.3) is 22.8 Å². The molecule has 3 aromatic heterocycles. The number of carbonyl (C=O) groups excluding carboxylic acids is 1. The zero-order valence-electron chi connectivity index (χ0n) is 28.3. The Morgan fingerprint density at radius 3 is 2.42 bits per heavy atom. The Balaban J connectivity index is 1.25. The highest BCUT2D eigenvalue weighted by Gasteiger charge is 2.38. The fourth-order valence-corrected chi connectivity index (χ4v) is 6.87. The molecule has 3 aliphatic heterocycles. The molecule has 16 heteroatoms. The minimum absolute atomic E-state index is 0.0252. The molecule has 6 heterocycles. The highest BCUT2D eigenvalue weighted by molar-refractivity contribution is 5.90. The van der Waals surface area contributed by atoms with Crippen molar-refractivity contribution in [2.24, 2.45) is 5.92 Å². The summed E-state index contributed by atoms with van der Waals surface area (Å²) in [6, 6.07) is 4.38. The minimum Gasteiger partial charge on any atom is -0.496 e. The maximum atomic E-state index is 14.2. The largest absolute Gasteiger partial charge is 0.496 e. The number of aromatic nitrogens is 7. The van der Waals surface area contributed by atoms with Gasteiger partial charge in [-0.2, -0.15) is 18.2 Å². The first-order valence-electron chi connectivity index (χ1n) is 16.8. The lowest BCUT2D eigenvalue weighted by Crippen LogP contribution is -2.59. The second kappa shape index (κ2) is 13.5. The Morgan fingerprint density at radius 2 is 1.78 bits per heavy atom. The molecule has 4 aromatic rings. The van der Waals surface area contributed by atoms with Crippen LogP contribution in [0, 0.1) is 5.92 Å². The van der Waals surface area contributed by atoms with Crippen molar-refractivity contribution >= 4 is 12.0 Å². The van der Waals surface area contributed by atoms with Gasteiger partial charge in [-0.05, 0) is 76.2 Å². The van der Waals surface area contributed by atoms with Gasteiger partial charge in [-0.1, -0.05) is 6.07 Å². The third-order valence-corrected chi connectivity index (χ3v) is 9.66. The van der Waals surface area contributed by atoms with Crippen LogP contribution < -0.4 is 19.7 Å². The molecule has 1 aromatic carbocycles. The van der Waals surface area contributed by atoms with Gasteiger partial charge in [0, 0.05) is 30.7 Å². The van der Waals surface area contributed by atoms with E-state index < -0.39 is 11.9 Å². The van der Waals surface area contributed by atoms with Crippen molar-refractivity contribution in [1.29, 1.82) is 0 Å². The van der Waals surface area contributed by atoms with E-state index in [9.17, 15) is 18.0 Å². The molecule has 2 bridgehead atoms. The van der Waals surface area contributed by atoms with Gasteiger partial charge in [-0.3, -0.25) is 4.90 Å². The highest BCUT2D eigenvalue weighted by Crippen LogP contribution is 2.45. The van der Waals surface area contributed by atoms with Gasteiger partial charge in [0.05, 0.1) is 32.0 Å². The van der Waals surface area contributed by atoms with E-state index in [1.165, 1.54) is 36.3 Å². The van der Waals surface area contributed by atoms with E-state index >= 15 is 0 Å². The number of anilines is 1. The number of nitrogens with one attached hydrogen (secondary N) is 1. The number of halogens is 3. The molecule has 1 saturated carbocycles. The van der Waals surface area contributed by atoms with E-state index in [0.29, 0.717) is 34.2 Å². The van der Waals surface area contributed by atoms with Gasteiger partial charge in [0.2, 0.25) is 11.8 Å². The quantitative estimate of drug-likeness (QED) is 0.227. The van der Waals surface area contributed by atoms with Gasteiger partial charge in [0.1, 0.15) is 29.8 Å². The number of methoxy groups -OCH3 is 2. The molecule has 50 heavy (non-hydrogen) atoms. The van der Waals surface area contributed by atoms with Crippen molar-refractivity contribution in [2.45, 2.75) is 70.3 Å². The molecular weight excluding hydrogens is 653 g/mol. The summed E-state index contributed by atoms with van der Waals surface area (Å²) in [6.45, 7) is 6.40. The summed E-state index contributed by atoms with van der Waals surface area (Å²) in [6.07, 6.45) is 3.19. The van der Waals surface area contributed by atoms with Crippen LogP contribution in [-0.4, -0.2) is 85.3 Å². The molecule has 8 rings (SSSR count). The number of fused-ring (bicyclic) bond motifs is 3. The van der Waals surface area contributed by atoms with Gasteiger partial charge >= 0.3 is 12.2 Å². The first-order valence-corrected chi connectivity index (χ1v) is 16.8. The SMILES string of the molecule is COc1cc(CN(C(=O)N[C@@H]2CN3CCC2CC3)c2ncnc(-c3c(OC)ncnc3C3CC3)n2)ccc1-c1nc(C(F)(F)F)cn1C(C)C. The van der Waals surface area contributed by atoms with Crippen LogP contribution in [0.1, 0.15) is 68.4 Å². The van der Waals surface area contributed by atoms with E-state index in [1.807, 2.05) is 0 Å². The van der Waals surface area contributed by atoms with Crippen LogP contribution in [0.3, 0.4) is 0 Å². The fourth-order valence-electron chi connectivity index (χ4n) is 6.87. The molecule has 4 aliphatic rings. The number of hydrogen-bond acceptors (Lipinski definition) is 10. The second-order valence-electron chi connectivity index (χ2n) is 13.3. The standard InChI is InChI=1S/C34H39F3N10O3/c1-19(2)46-16-26(34(35,36)37)43-30(46)23-8-5-20(13-25(23)49-3)14-47(33(48)42-24-15-45-11-9-21(24)10-12-45)32-41-18-39-29(44-32)27-28(22-6-7-22)38-17-40-31(27)50-4/h5,8,13,16-19,21-22,24H,6-7,9-12,14-15H2,1-4H3,(H,42,48)/t24-/m1/s1. The van der Waals surface area contributed by atoms with E-state index in [2.05, 4.69) is 35.1 Å². The number of amides is 2. The lowest BCUT2D eigenvalue weighted by Gasteiger charge is -2.45. The molecule has 0 unspecified atom stereocenters. The molecular formula is C34H39F3N10O3. The molecule has 1 N–H and O–H groups in total. The van der Waals surface area contributed by atoms with Crippen LogP contribution in [0.2, 0.25) is 0 Å². The Kier molecular flexibility index (Phi) is 9.05. The van der Waals surface area contributed by atoms with Crippen molar-refractivity contribution < 1.29 is 27.4 Å². The van der Waals surface area contributed by atoms with Gasteiger partial charge in [-0.15, -0.1) is 0 Å². The van der Waals surface area contributed by atoms with Crippen molar-refractivity contribution in [3.8, 4) is 34.4 Å². The summed E-state index contributed by atoms with van der Waals surface area (Å²) in [5.41, 5.74) is 1.37. The Morgan fingerprint density at radius 1 is 1.02 bits per heavy atom. The topological polar surface area (TPSA) is 136 Å². The number of piperidine rings is 3. The first-order chi connectivity index (χ1) is 24.0. The lowest BCUT2D eigenvalue weighted by molar-refractivity contribution is -0.140. The number of benzene rings is 1. The normalized spacial score (nSPS) is 20.2. The maximum absolute atomic E-state index is 14.2. The van der Waals surface area contributed by atoms with Gasteiger partial charge in [0.25, 0.3) is 0 Å². The minimum atomic E-state index is -4.61.